The summed E-state index contributed by atoms with van der Waals surface area (Å²) >= 11 is 5.66. The van der Waals surface area contributed by atoms with Crippen molar-refractivity contribution < 1.29 is 5.11 Å². The van der Waals surface area contributed by atoms with Crippen molar-refractivity contribution in [2.45, 2.75) is 0 Å². The van der Waals surface area contributed by atoms with E-state index in [4.69, 9.17) is 11.6 Å². The van der Waals surface area contributed by atoms with Gasteiger partial charge in [-0.15, -0.1) is 0 Å². The smallest absolute Gasteiger partial charge is 0.327 e. The summed E-state index contributed by atoms with van der Waals surface area (Å²) in [4.78, 5) is 15.3. The van der Waals surface area contributed by atoms with Crippen molar-refractivity contribution in [2.24, 2.45) is 14.1 Å². The topological polar surface area (TPSA) is 62.9 Å². The lowest BCUT2D eigenvalue weighted by atomic mass is 10.3. The van der Waals surface area contributed by atoms with E-state index in [2.05, 4.69) is 4.98 Å². The Labute approximate surface area is 84.5 Å². The Morgan fingerprint density at radius 1 is 1.43 bits per heavy atom. The van der Waals surface area contributed by atoms with Crippen molar-refractivity contribution in [2.75, 3.05) is 0 Å². The minimum Gasteiger partial charge on any atom is -0.858 e. The summed E-state index contributed by atoms with van der Waals surface area (Å²) in [5.74, 6) is -0.421. The second-order valence-corrected chi connectivity index (χ2v) is 3.41. The highest BCUT2D eigenvalue weighted by molar-refractivity contribution is 6.30. The highest BCUT2D eigenvalue weighted by Gasteiger charge is 2.14. The van der Waals surface area contributed by atoms with Crippen molar-refractivity contribution in [3.63, 3.8) is 0 Å². The molecule has 0 aromatic heterocycles. The van der Waals surface area contributed by atoms with Crippen molar-refractivity contribution >= 4 is 11.6 Å². The van der Waals surface area contributed by atoms with Crippen molar-refractivity contribution in [3.05, 3.63) is 21.7 Å². The lowest BCUT2D eigenvalue weighted by Crippen LogP contribution is -2.30. The molecule has 2 heterocycles. The lowest BCUT2D eigenvalue weighted by Gasteiger charge is -2.18. The Morgan fingerprint density at radius 3 is 2.71 bits per heavy atom. The summed E-state index contributed by atoms with van der Waals surface area (Å²) < 4.78 is 2.35. The average molecular weight is 213 g/mol. The van der Waals surface area contributed by atoms with Gasteiger partial charge in [-0.2, -0.15) is 0 Å². The van der Waals surface area contributed by atoms with E-state index in [0.29, 0.717) is 5.69 Å². The van der Waals surface area contributed by atoms with Crippen LogP contribution in [0.3, 0.4) is 0 Å². The third-order valence-electron chi connectivity index (χ3n) is 2.16. The molecule has 2 rings (SSSR count). The van der Waals surface area contributed by atoms with E-state index in [1.165, 1.54) is 17.7 Å². The van der Waals surface area contributed by atoms with Gasteiger partial charge in [0.2, 0.25) is 0 Å². The van der Waals surface area contributed by atoms with Gasteiger partial charge < -0.3 is 9.67 Å². The number of rotatable bonds is 0. The number of hydrogen-bond acceptors (Lipinski definition) is 3. The summed E-state index contributed by atoms with van der Waals surface area (Å²) in [6.07, 6.45) is 0. The molecule has 0 aromatic carbocycles. The maximum absolute atomic E-state index is 11.5. The standard InChI is InChI=1S/C8H8ClN3O2/c1-11-4-3-5(9)10-6(4)7(13)12(2)8(11)14/h3,13H,1-2H3/p-1. The fraction of sp³-hybridized carbons (Fsp3) is 0.250. The molecule has 0 atom stereocenters. The van der Waals surface area contributed by atoms with Crippen molar-refractivity contribution in [1.29, 1.82) is 0 Å². The number of aromatic nitrogens is 3. The molecular formula is C8H7ClN3O2-. The number of fused-ring (bicyclic) bond motifs is 1. The normalized spacial score (nSPS) is 11.1. The molecule has 6 heteroatoms. The maximum Gasteiger partial charge on any atom is 0.327 e. The third kappa shape index (κ3) is 1.02. The van der Waals surface area contributed by atoms with Crippen molar-refractivity contribution in [1.82, 2.24) is 14.1 Å². The summed E-state index contributed by atoms with van der Waals surface area (Å²) in [5, 5.41) is 11.8. The summed E-state index contributed by atoms with van der Waals surface area (Å²) in [7, 11) is 2.98. The van der Waals surface area contributed by atoms with Gasteiger partial charge in [-0.3, -0.25) is 4.57 Å². The SMILES string of the molecule is Cn1c2cc(Cl)nc-2c([O-])n(C)c1=O. The molecule has 0 unspecified atom stereocenters. The van der Waals surface area contributed by atoms with Gasteiger partial charge in [-0.1, -0.05) is 11.6 Å². The summed E-state index contributed by atoms with van der Waals surface area (Å²) in [5.41, 5.74) is 0.300. The molecule has 0 fully saturated rings. The van der Waals surface area contributed by atoms with Crippen LogP contribution < -0.4 is 10.8 Å². The highest BCUT2D eigenvalue weighted by Crippen LogP contribution is 2.28. The zero-order chi connectivity index (χ0) is 10.5. The van der Waals surface area contributed by atoms with Crippen LogP contribution in [-0.4, -0.2) is 14.1 Å². The monoisotopic (exact) mass is 212 g/mol. The molecule has 2 aliphatic heterocycles. The first-order valence-corrected chi connectivity index (χ1v) is 4.29. The largest absolute Gasteiger partial charge is 0.858 e. The van der Waals surface area contributed by atoms with Crippen LogP contribution in [0, 0.1) is 0 Å². The van der Waals surface area contributed by atoms with Gasteiger partial charge >= 0.3 is 5.69 Å². The Balaban J connectivity index is 3.01. The van der Waals surface area contributed by atoms with Crippen LogP contribution in [0.25, 0.3) is 11.4 Å². The van der Waals surface area contributed by atoms with Gasteiger partial charge in [-0.05, 0) is 5.88 Å². The summed E-state index contributed by atoms with van der Waals surface area (Å²) in [6, 6.07) is 1.50. The van der Waals surface area contributed by atoms with Gasteiger partial charge in [0.1, 0.15) is 5.15 Å². The van der Waals surface area contributed by atoms with Crippen LogP contribution in [0.1, 0.15) is 0 Å². The lowest BCUT2D eigenvalue weighted by molar-refractivity contribution is -0.278. The van der Waals surface area contributed by atoms with Crippen molar-refractivity contribution in [3.8, 4) is 17.3 Å². The van der Waals surface area contributed by atoms with Crippen LogP contribution in [0.5, 0.6) is 5.88 Å². The predicted octanol–water partition coefficient (Wildman–Crippen LogP) is -0.0494. The third-order valence-corrected chi connectivity index (χ3v) is 2.35. The summed E-state index contributed by atoms with van der Waals surface area (Å²) in [6.45, 7) is 0. The number of hydrogen-bond donors (Lipinski definition) is 0. The second kappa shape index (κ2) is 2.75. The average Bonchev–Trinajstić information content (AvgIpc) is 2.54. The van der Waals surface area contributed by atoms with Gasteiger partial charge in [0.25, 0.3) is 0 Å². The van der Waals surface area contributed by atoms with Crippen LogP contribution in [0.15, 0.2) is 10.9 Å². The van der Waals surface area contributed by atoms with E-state index >= 15 is 0 Å². The quantitative estimate of drug-likeness (QED) is 0.615. The fourth-order valence-electron chi connectivity index (χ4n) is 1.36. The molecule has 0 spiro atoms. The van der Waals surface area contributed by atoms with E-state index in [-0.39, 0.29) is 16.5 Å². The Bertz CT molecular complexity index is 529. The van der Waals surface area contributed by atoms with E-state index in [1.54, 1.807) is 7.05 Å². The molecule has 0 amide bonds. The zero-order valence-electron chi connectivity index (χ0n) is 7.61. The molecule has 14 heavy (non-hydrogen) atoms. The predicted molar refractivity (Wildman–Crippen MR) is 49.5 cm³/mol. The first-order chi connectivity index (χ1) is 6.52. The minimum atomic E-state index is -0.421. The Hall–Kier alpha value is -1.49. The molecule has 0 N–H and O–H groups in total. The fourth-order valence-corrected chi connectivity index (χ4v) is 1.55. The van der Waals surface area contributed by atoms with Crippen LogP contribution in [0.4, 0.5) is 0 Å². The second-order valence-electron chi connectivity index (χ2n) is 3.02. The van der Waals surface area contributed by atoms with Gasteiger partial charge in [0.05, 0.1) is 11.4 Å². The van der Waals surface area contributed by atoms with Crippen LogP contribution in [0.2, 0.25) is 5.15 Å². The van der Waals surface area contributed by atoms with Crippen LogP contribution in [-0.2, 0) is 14.1 Å². The van der Waals surface area contributed by atoms with Crippen LogP contribution >= 0.6 is 11.6 Å². The molecule has 0 aromatic rings. The number of halogens is 1. The maximum atomic E-state index is 11.5. The Kier molecular flexibility index (Phi) is 1.78. The molecule has 0 radical (unpaired) electrons. The van der Waals surface area contributed by atoms with E-state index in [0.717, 1.165) is 4.57 Å². The molecule has 5 nitrogen and oxygen atoms in total. The molecule has 74 valence electrons. The molecule has 0 saturated heterocycles. The van der Waals surface area contributed by atoms with Gasteiger partial charge in [0.15, 0.2) is 0 Å². The molecule has 2 aliphatic rings. The van der Waals surface area contributed by atoms with E-state index in [9.17, 15) is 9.90 Å². The van der Waals surface area contributed by atoms with Gasteiger partial charge in [0, 0.05) is 20.2 Å². The first-order valence-electron chi connectivity index (χ1n) is 3.91. The molecule has 0 bridgehead atoms. The molecular weight excluding hydrogens is 206 g/mol. The zero-order valence-corrected chi connectivity index (χ0v) is 8.37. The minimum absolute atomic E-state index is 0.221. The Morgan fingerprint density at radius 2 is 2.07 bits per heavy atom. The molecule has 0 aliphatic carbocycles. The number of nitrogens with zero attached hydrogens (tertiary/aromatic N) is 3. The first kappa shape index (κ1) is 9.08. The highest BCUT2D eigenvalue weighted by atomic mass is 35.5. The van der Waals surface area contributed by atoms with E-state index in [1.807, 2.05) is 0 Å². The molecule has 0 saturated carbocycles. The van der Waals surface area contributed by atoms with E-state index < -0.39 is 5.88 Å². The van der Waals surface area contributed by atoms with Gasteiger partial charge in [-0.25, -0.2) is 9.78 Å².